The van der Waals surface area contributed by atoms with Gasteiger partial charge in [0.15, 0.2) is 0 Å². The predicted octanol–water partition coefficient (Wildman–Crippen LogP) is 2.21. The molecule has 0 saturated heterocycles. The van der Waals surface area contributed by atoms with E-state index in [0.717, 1.165) is 17.0 Å². The molecule has 2 aromatic rings. The van der Waals surface area contributed by atoms with Gasteiger partial charge < -0.3 is 5.73 Å². The van der Waals surface area contributed by atoms with E-state index in [9.17, 15) is 14.0 Å². The number of imide groups is 1. The first kappa shape index (κ1) is 11.4. The van der Waals surface area contributed by atoms with Crippen molar-refractivity contribution in [2.45, 2.75) is 0 Å². The first-order valence-corrected chi connectivity index (χ1v) is 5.62. The van der Waals surface area contributed by atoms with Gasteiger partial charge in [0.25, 0.3) is 11.8 Å². The minimum absolute atomic E-state index is 0.0505. The molecule has 2 N–H and O–H groups in total. The molecule has 0 fully saturated rings. The first-order valence-electron chi connectivity index (χ1n) is 5.62. The second-order valence-electron chi connectivity index (χ2n) is 4.19. The SMILES string of the molecule is Nc1cc(F)ccc1N1C(=O)c2ccccc2C1=O. The Labute approximate surface area is 108 Å². The Kier molecular flexibility index (Phi) is 2.35. The highest BCUT2D eigenvalue weighted by Crippen LogP contribution is 2.32. The third-order valence-electron chi connectivity index (χ3n) is 3.02. The summed E-state index contributed by atoms with van der Waals surface area (Å²) < 4.78 is 13.0. The molecule has 4 nitrogen and oxygen atoms in total. The maximum Gasteiger partial charge on any atom is 0.266 e. The lowest BCUT2D eigenvalue weighted by molar-refractivity contribution is 0.0926. The number of hydrogen-bond acceptors (Lipinski definition) is 3. The van der Waals surface area contributed by atoms with Gasteiger partial charge in [0.05, 0.1) is 22.5 Å². The summed E-state index contributed by atoms with van der Waals surface area (Å²) in [4.78, 5) is 25.4. The molecule has 0 spiro atoms. The molecule has 2 amide bonds. The molecule has 0 aromatic heterocycles. The quantitative estimate of drug-likeness (QED) is 0.628. The van der Waals surface area contributed by atoms with Gasteiger partial charge in [-0.15, -0.1) is 0 Å². The fourth-order valence-corrected chi connectivity index (χ4v) is 2.14. The zero-order chi connectivity index (χ0) is 13.6. The molecular weight excluding hydrogens is 247 g/mol. The van der Waals surface area contributed by atoms with Crippen LogP contribution in [0.25, 0.3) is 0 Å². The van der Waals surface area contributed by atoms with Crippen LogP contribution in [0.5, 0.6) is 0 Å². The topological polar surface area (TPSA) is 63.4 Å². The molecule has 0 bridgehead atoms. The molecule has 0 saturated carbocycles. The summed E-state index contributed by atoms with van der Waals surface area (Å²) in [5, 5.41) is 0. The highest BCUT2D eigenvalue weighted by Gasteiger charge is 2.37. The zero-order valence-corrected chi connectivity index (χ0v) is 9.76. The Morgan fingerprint density at radius 1 is 0.947 bits per heavy atom. The Morgan fingerprint density at radius 3 is 2.05 bits per heavy atom. The highest BCUT2D eigenvalue weighted by atomic mass is 19.1. The fraction of sp³-hybridized carbons (Fsp3) is 0. The van der Waals surface area contributed by atoms with Gasteiger partial charge in [-0.05, 0) is 30.3 Å². The van der Waals surface area contributed by atoms with E-state index >= 15 is 0 Å². The highest BCUT2D eigenvalue weighted by molar-refractivity contribution is 6.35. The Hall–Kier alpha value is -2.69. The smallest absolute Gasteiger partial charge is 0.266 e. The van der Waals surface area contributed by atoms with Crippen molar-refractivity contribution >= 4 is 23.2 Å². The second kappa shape index (κ2) is 3.91. The lowest BCUT2D eigenvalue weighted by atomic mass is 10.1. The van der Waals surface area contributed by atoms with Gasteiger partial charge in [-0.25, -0.2) is 9.29 Å². The van der Waals surface area contributed by atoms with E-state index in [1.54, 1.807) is 24.3 Å². The van der Waals surface area contributed by atoms with Crippen LogP contribution in [0, 0.1) is 5.82 Å². The van der Waals surface area contributed by atoms with Crippen LogP contribution in [-0.4, -0.2) is 11.8 Å². The van der Waals surface area contributed by atoms with Crippen molar-refractivity contribution in [3.05, 3.63) is 59.4 Å². The molecule has 1 heterocycles. The third kappa shape index (κ3) is 1.59. The van der Waals surface area contributed by atoms with Gasteiger partial charge in [-0.2, -0.15) is 0 Å². The number of halogens is 1. The van der Waals surface area contributed by atoms with E-state index in [2.05, 4.69) is 0 Å². The number of nitrogens with zero attached hydrogens (tertiary/aromatic N) is 1. The van der Waals surface area contributed by atoms with Crippen molar-refractivity contribution in [2.24, 2.45) is 0 Å². The van der Waals surface area contributed by atoms with Crippen LogP contribution in [0.1, 0.15) is 20.7 Å². The maximum atomic E-state index is 13.0. The van der Waals surface area contributed by atoms with Gasteiger partial charge in [-0.3, -0.25) is 9.59 Å². The van der Waals surface area contributed by atoms with Crippen LogP contribution in [-0.2, 0) is 0 Å². The third-order valence-corrected chi connectivity index (χ3v) is 3.02. The summed E-state index contributed by atoms with van der Waals surface area (Å²) in [6.45, 7) is 0. The number of nitrogens with two attached hydrogens (primary N) is 1. The number of amides is 2. The maximum absolute atomic E-state index is 13.0. The van der Waals surface area contributed by atoms with Crippen molar-refractivity contribution in [1.82, 2.24) is 0 Å². The molecule has 3 rings (SSSR count). The standard InChI is InChI=1S/C14H9FN2O2/c15-8-5-6-12(11(16)7-8)17-13(18)9-3-1-2-4-10(9)14(17)19/h1-7H,16H2. The lowest BCUT2D eigenvalue weighted by Crippen LogP contribution is -2.30. The molecule has 94 valence electrons. The summed E-state index contributed by atoms with van der Waals surface area (Å²) in [6, 6.07) is 10.1. The van der Waals surface area contributed by atoms with Crippen molar-refractivity contribution in [1.29, 1.82) is 0 Å². The van der Waals surface area contributed by atoms with Crippen molar-refractivity contribution in [3.8, 4) is 0 Å². The van der Waals surface area contributed by atoms with E-state index in [1.165, 1.54) is 6.07 Å². The molecule has 1 aliphatic rings. The van der Waals surface area contributed by atoms with Crippen LogP contribution in [0.2, 0.25) is 0 Å². The summed E-state index contributed by atoms with van der Waals surface area (Å²) in [6.07, 6.45) is 0. The zero-order valence-electron chi connectivity index (χ0n) is 9.76. The van der Waals surface area contributed by atoms with E-state index in [-0.39, 0.29) is 11.4 Å². The van der Waals surface area contributed by atoms with Crippen molar-refractivity contribution in [3.63, 3.8) is 0 Å². The van der Waals surface area contributed by atoms with Gasteiger partial charge >= 0.3 is 0 Å². The average molecular weight is 256 g/mol. The largest absolute Gasteiger partial charge is 0.397 e. The summed E-state index contributed by atoms with van der Waals surface area (Å²) in [5.74, 6) is -1.41. The minimum Gasteiger partial charge on any atom is -0.397 e. The van der Waals surface area contributed by atoms with Gasteiger partial charge in [0.1, 0.15) is 5.82 Å². The number of carbonyl (C=O) groups is 2. The number of fused-ring (bicyclic) bond motifs is 1. The number of nitrogen functional groups attached to an aromatic ring is 1. The van der Waals surface area contributed by atoms with Gasteiger partial charge in [0.2, 0.25) is 0 Å². The van der Waals surface area contributed by atoms with Crippen molar-refractivity contribution < 1.29 is 14.0 Å². The van der Waals surface area contributed by atoms with Crippen LogP contribution in [0.3, 0.4) is 0 Å². The Balaban J connectivity index is 2.14. The molecule has 1 aliphatic heterocycles. The van der Waals surface area contributed by atoms with Gasteiger partial charge in [0, 0.05) is 0 Å². The average Bonchev–Trinajstić information content (AvgIpc) is 2.64. The minimum atomic E-state index is -0.516. The van der Waals surface area contributed by atoms with Crippen LogP contribution >= 0.6 is 0 Å². The second-order valence-corrected chi connectivity index (χ2v) is 4.19. The van der Waals surface area contributed by atoms with Crippen LogP contribution in [0.4, 0.5) is 15.8 Å². The molecule has 19 heavy (non-hydrogen) atoms. The van der Waals surface area contributed by atoms with Gasteiger partial charge in [-0.1, -0.05) is 12.1 Å². The summed E-state index contributed by atoms with van der Waals surface area (Å²) in [5.41, 5.74) is 6.59. The number of carbonyl (C=O) groups excluding carboxylic acids is 2. The van der Waals surface area contributed by atoms with Crippen LogP contribution in [0.15, 0.2) is 42.5 Å². The Morgan fingerprint density at radius 2 is 1.53 bits per heavy atom. The lowest BCUT2D eigenvalue weighted by Gasteiger charge is -2.16. The van der Waals surface area contributed by atoms with E-state index in [1.807, 2.05) is 0 Å². The number of anilines is 2. The summed E-state index contributed by atoms with van der Waals surface area (Å²) >= 11 is 0. The molecule has 5 heteroatoms. The fourth-order valence-electron chi connectivity index (χ4n) is 2.14. The molecule has 0 atom stereocenters. The molecule has 2 aromatic carbocycles. The molecular formula is C14H9FN2O2. The van der Waals surface area contributed by atoms with E-state index in [4.69, 9.17) is 5.73 Å². The van der Waals surface area contributed by atoms with Crippen molar-refractivity contribution in [2.75, 3.05) is 10.6 Å². The number of benzene rings is 2. The van der Waals surface area contributed by atoms with E-state index < -0.39 is 17.6 Å². The number of rotatable bonds is 1. The molecule has 0 aliphatic carbocycles. The monoisotopic (exact) mass is 256 g/mol. The molecule has 0 radical (unpaired) electrons. The summed E-state index contributed by atoms with van der Waals surface area (Å²) in [7, 11) is 0. The predicted molar refractivity (Wildman–Crippen MR) is 68.4 cm³/mol. The number of hydrogen-bond donors (Lipinski definition) is 1. The van der Waals surface area contributed by atoms with E-state index in [0.29, 0.717) is 11.1 Å². The Bertz CT molecular complexity index is 677. The van der Waals surface area contributed by atoms with Crippen LogP contribution < -0.4 is 10.6 Å². The normalized spacial score (nSPS) is 13.8. The molecule has 0 unspecified atom stereocenters. The first-order chi connectivity index (χ1) is 9.09.